The van der Waals surface area contributed by atoms with Crippen molar-refractivity contribution < 1.29 is 23.9 Å². The van der Waals surface area contributed by atoms with Gasteiger partial charge in [0, 0.05) is 5.69 Å². The van der Waals surface area contributed by atoms with Crippen molar-refractivity contribution in [3.63, 3.8) is 0 Å². The Hall–Kier alpha value is -3.48. The molecule has 3 rings (SSSR count). The van der Waals surface area contributed by atoms with Crippen molar-refractivity contribution in [3.8, 4) is 0 Å². The zero-order chi connectivity index (χ0) is 19.6. The van der Waals surface area contributed by atoms with Gasteiger partial charge in [0.15, 0.2) is 0 Å². The maximum Gasteiger partial charge on any atom is 0.338 e. The Balaban J connectivity index is 1.63. The number of amides is 3. The second-order valence-corrected chi connectivity index (χ2v) is 6.32. The normalized spacial score (nSPS) is 12.9. The summed E-state index contributed by atoms with van der Waals surface area (Å²) in [5, 5.41) is 2.61. The van der Waals surface area contributed by atoms with Crippen molar-refractivity contribution >= 4 is 29.4 Å². The standard InChI is InChI=1S/C20H18N2O5/c1-12(2)27-20(26)13-7-9-14(10-8-13)21-17(23)11-22-18(24)15-5-3-4-6-16(15)19(22)25/h3-10,12H,11H2,1-2H3,(H,21,23). The number of hydrogen-bond donors (Lipinski definition) is 1. The number of esters is 1. The van der Waals surface area contributed by atoms with Gasteiger partial charge in [-0.1, -0.05) is 12.1 Å². The third-order valence-electron chi connectivity index (χ3n) is 3.93. The number of imide groups is 1. The summed E-state index contributed by atoms with van der Waals surface area (Å²) in [6, 6.07) is 12.6. The molecule has 138 valence electrons. The van der Waals surface area contributed by atoms with Gasteiger partial charge < -0.3 is 10.1 Å². The maximum atomic E-state index is 12.3. The Morgan fingerprint density at radius 2 is 1.52 bits per heavy atom. The summed E-state index contributed by atoms with van der Waals surface area (Å²) in [7, 11) is 0. The lowest BCUT2D eigenvalue weighted by Gasteiger charge is -2.14. The van der Waals surface area contributed by atoms with Gasteiger partial charge in [-0.05, 0) is 50.2 Å². The molecule has 0 spiro atoms. The molecule has 0 unspecified atom stereocenters. The van der Waals surface area contributed by atoms with Gasteiger partial charge in [-0.25, -0.2) is 4.79 Å². The third-order valence-corrected chi connectivity index (χ3v) is 3.93. The molecule has 0 aliphatic carbocycles. The minimum atomic E-state index is -0.512. The molecule has 1 N–H and O–H groups in total. The van der Waals surface area contributed by atoms with Crippen LogP contribution in [0.1, 0.15) is 44.9 Å². The van der Waals surface area contributed by atoms with Crippen LogP contribution < -0.4 is 5.32 Å². The molecule has 27 heavy (non-hydrogen) atoms. The van der Waals surface area contributed by atoms with E-state index in [1.807, 2.05) is 0 Å². The molecule has 0 saturated heterocycles. The smallest absolute Gasteiger partial charge is 0.338 e. The summed E-state index contributed by atoms with van der Waals surface area (Å²) in [5.41, 5.74) is 1.39. The number of carbonyl (C=O) groups excluding carboxylic acids is 4. The van der Waals surface area contributed by atoms with E-state index in [2.05, 4.69) is 5.32 Å². The molecular weight excluding hydrogens is 348 g/mol. The Morgan fingerprint density at radius 1 is 0.963 bits per heavy atom. The van der Waals surface area contributed by atoms with Gasteiger partial charge in [0.25, 0.3) is 11.8 Å². The summed E-state index contributed by atoms with van der Waals surface area (Å²) in [6.45, 7) is 3.13. The lowest BCUT2D eigenvalue weighted by molar-refractivity contribution is -0.116. The molecule has 0 radical (unpaired) electrons. The lowest BCUT2D eigenvalue weighted by atomic mass is 10.1. The minimum absolute atomic E-state index is 0.225. The molecular formula is C20H18N2O5. The first-order chi connectivity index (χ1) is 12.9. The molecule has 0 saturated carbocycles. The maximum absolute atomic E-state index is 12.3. The van der Waals surface area contributed by atoms with Crippen LogP contribution in [-0.2, 0) is 9.53 Å². The van der Waals surface area contributed by atoms with Crippen molar-refractivity contribution in [2.75, 3.05) is 11.9 Å². The minimum Gasteiger partial charge on any atom is -0.459 e. The molecule has 0 fully saturated rings. The van der Waals surface area contributed by atoms with E-state index in [1.165, 1.54) is 12.1 Å². The predicted octanol–water partition coefficient (Wildman–Crippen LogP) is 2.49. The Labute approximate surface area is 155 Å². The molecule has 2 aromatic rings. The van der Waals surface area contributed by atoms with E-state index in [-0.39, 0.29) is 12.6 Å². The van der Waals surface area contributed by atoms with E-state index in [9.17, 15) is 19.2 Å². The molecule has 0 aromatic heterocycles. The summed E-state index contributed by atoms with van der Waals surface area (Å²) in [5.74, 6) is -1.94. The van der Waals surface area contributed by atoms with Crippen LogP contribution in [0.25, 0.3) is 0 Å². The van der Waals surface area contributed by atoms with Crippen molar-refractivity contribution in [2.45, 2.75) is 20.0 Å². The van der Waals surface area contributed by atoms with Gasteiger partial charge in [0.2, 0.25) is 5.91 Å². The molecule has 7 nitrogen and oxygen atoms in total. The first-order valence-corrected chi connectivity index (χ1v) is 8.43. The predicted molar refractivity (Wildman–Crippen MR) is 97.4 cm³/mol. The van der Waals surface area contributed by atoms with Crippen LogP contribution in [-0.4, -0.2) is 41.2 Å². The van der Waals surface area contributed by atoms with Crippen LogP contribution in [0.2, 0.25) is 0 Å². The number of hydrogen-bond acceptors (Lipinski definition) is 5. The molecule has 0 atom stereocenters. The number of fused-ring (bicyclic) bond motifs is 1. The van der Waals surface area contributed by atoms with Crippen LogP contribution >= 0.6 is 0 Å². The highest BCUT2D eigenvalue weighted by Crippen LogP contribution is 2.22. The van der Waals surface area contributed by atoms with Crippen LogP contribution in [0, 0.1) is 0 Å². The zero-order valence-electron chi connectivity index (χ0n) is 14.9. The van der Waals surface area contributed by atoms with E-state index in [0.717, 1.165) is 4.90 Å². The van der Waals surface area contributed by atoms with Crippen molar-refractivity contribution in [3.05, 3.63) is 65.2 Å². The van der Waals surface area contributed by atoms with Gasteiger partial charge in [-0.3, -0.25) is 19.3 Å². The number of nitrogens with one attached hydrogen (secondary N) is 1. The molecule has 1 aliphatic heterocycles. The molecule has 0 bridgehead atoms. The van der Waals surface area contributed by atoms with E-state index in [4.69, 9.17) is 4.74 Å². The second-order valence-electron chi connectivity index (χ2n) is 6.32. The summed E-state index contributed by atoms with van der Waals surface area (Å²) in [6.07, 6.45) is -0.225. The van der Waals surface area contributed by atoms with Crippen LogP contribution in [0.4, 0.5) is 5.69 Å². The van der Waals surface area contributed by atoms with Gasteiger partial charge in [-0.15, -0.1) is 0 Å². The molecule has 3 amide bonds. The van der Waals surface area contributed by atoms with Gasteiger partial charge in [-0.2, -0.15) is 0 Å². The number of carbonyl (C=O) groups is 4. The number of rotatable bonds is 5. The van der Waals surface area contributed by atoms with Crippen LogP contribution in [0.5, 0.6) is 0 Å². The van der Waals surface area contributed by atoms with Gasteiger partial charge >= 0.3 is 5.97 Å². The van der Waals surface area contributed by atoms with Crippen molar-refractivity contribution in [1.29, 1.82) is 0 Å². The van der Waals surface area contributed by atoms with Crippen molar-refractivity contribution in [2.24, 2.45) is 0 Å². The number of anilines is 1. The largest absolute Gasteiger partial charge is 0.459 e. The Kier molecular flexibility index (Phi) is 5.03. The monoisotopic (exact) mass is 366 g/mol. The van der Waals surface area contributed by atoms with E-state index in [1.54, 1.807) is 50.2 Å². The highest BCUT2D eigenvalue weighted by atomic mass is 16.5. The lowest BCUT2D eigenvalue weighted by Crippen LogP contribution is -2.37. The SMILES string of the molecule is CC(C)OC(=O)c1ccc(NC(=O)CN2C(=O)c3ccccc3C2=O)cc1. The van der Waals surface area contributed by atoms with E-state index >= 15 is 0 Å². The summed E-state index contributed by atoms with van der Waals surface area (Å²) in [4.78, 5) is 49.5. The summed E-state index contributed by atoms with van der Waals surface area (Å²) < 4.78 is 5.09. The van der Waals surface area contributed by atoms with E-state index in [0.29, 0.717) is 22.4 Å². The Morgan fingerprint density at radius 3 is 2.04 bits per heavy atom. The molecule has 1 aliphatic rings. The van der Waals surface area contributed by atoms with Gasteiger partial charge in [0.05, 0.1) is 22.8 Å². The molecule has 2 aromatic carbocycles. The summed E-state index contributed by atoms with van der Waals surface area (Å²) >= 11 is 0. The zero-order valence-corrected chi connectivity index (χ0v) is 14.9. The number of nitrogens with zero attached hydrogens (tertiary/aromatic N) is 1. The quantitative estimate of drug-likeness (QED) is 0.648. The third kappa shape index (κ3) is 3.87. The second kappa shape index (κ2) is 7.41. The molecule has 1 heterocycles. The fraction of sp³-hybridized carbons (Fsp3) is 0.200. The Bertz CT molecular complexity index is 883. The fourth-order valence-electron chi connectivity index (χ4n) is 2.70. The van der Waals surface area contributed by atoms with Crippen LogP contribution in [0.3, 0.4) is 0 Å². The van der Waals surface area contributed by atoms with E-state index < -0.39 is 23.7 Å². The number of ether oxygens (including phenoxy) is 1. The highest BCUT2D eigenvalue weighted by molar-refractivity contribution is 6.22. The first kappa shape index (κ1) is 18.3. The van der Waals surface area contributed by atoms with Crippen molar-refractivity contribution in [1.82, 2.24) is 4.90 Å². The highest BCUT2D eigenvalue weighted by Gasteiger charge is 2.36. The molecule has 7 heteroatoms. The average molecular weight is 366 g/mol. The topological polar surface area (TPSA) is 92.8 Å². The number of benzene rings is 2. The first-order valence-electron chi connectivity index (χ1n) is 8.43. The van der Waals surface area contributed by atoms with Crippen LogP contribution in [0.15, 0.2) is 48.5 Å². The fourth-order valence-corrected chi connectivity index (χ4v) is 2.70. The van der Waals surface area contributed by atoms with Gasteiger partial charge in [0.1, 0.15) is 6.54 Å². The average Bonchev–Trinajstić information content (AvgIpc) is 2.87.